The summed E-state index contributed by atoms with van der Waals surface area (Å²) in [5, 5.41) is 14.5. The van der Waals surface area contributed by atoms with E-state index in [1.165, 1.54) is 17.8 Å². The first kappa shape index (κ1) is 13.3. The first-order chi connectivity index (χ1) is 9.20. The summed E-state index contributed by atoms with van der Waals surface area (Å²) in [4.78, 5) is 18.6. The molecule has 6 nitrogen and oxygen atoms in total. The number of nitrogens with one attached hydrogen (secondary N) is 1. The lowest BCUT2D eigenvalue weighted by molar-refractivity contribution is -0.383. The fourth-order valence-electron chi connectivity index (χ4n) is 1.55. The highest BCUT2D eigenvalue weighted by molar-refractivity contribution is 7.98. The van der Waals surface area contributed by atoms with E-state index >= 15 is 0 Å². The second-order valence-corrected chi connectivity index (χ2v) is 4.69. The predicted octanol–water partition coefficient (Wildman–Crippen LogP) is 2.72. The summed E-state index contributed by atoms with van der Waals surface area (Å²) < 4.78 is 0. The van der Waals surface area contributed by atoms with Crippen molar-refractivity contribution >= 4 is 23.1 Å². The van der Waals surface area contributed by atoms with E-state index in [-0.39, 0.29) is 5.69 Å². The summed E-state index contributed by atoms with van der Waals surface area (Å²) >= 11 is 1.54. The molecule has 0 fully saturated rings. The van der Waals surface area contributed by atoms with Gasteiger partial charge in [0.2, 0.25) is 0 Å². The van der Waals surface area contributed by atoms with Crippen LogP contribution in [0.4, 0.5) is 11.4 Å². The minimum Gasteiger partial charge on any atom is -0.383 e. The van der Waals surface area contributed by atoms with Crippen molar-refractivity contribution in [3.05, 3.63) is 52.5 Å². The van der Waals surface area contributed by atoms with Gasteiger partial charge in [-0.15, -0.1) is 11.8 Å². The maximum Gasteiger partial charge on any atom is 0.292 e. The maximum atomic E-state index is 10.8. The van der Waals surface area contributed by atoms with Crippen LogP contribution in [0.2, 0.25) is 0 Å². The summed E-state index contributed by atoms with van der Waals surface area (Å²) in [6.45, 7) is 0. The molecule has 1 aromatic heterocycles. The summed E-state index contributed by atoms with van der Waals surface area (Å²) in [6.07, 6.45) is 4.95. The van der Waals surface area contributed by atoms with Crippen LogP contribution in [-0.4, -0.2) is 21.9 Å². The fraction of sp³-hybridized carbons (Fsp3) is 0.167. The third kappa shape index (κ3) is 3.41. The predicted molar refractivity (Wildman–Crippen MR) is 74.2 cm³/mol. The molecular formula is C12H12N4O2S. The van der Waals surface area contributed by atoms with Crippen LogP contribution in [-0.2, 0) is 5.75 Å². The van der Waals surface area contributed by atoms with Gasteiger partial charge in [-0.25, -0.2) is 4.98 Å². The van der Waals surface area contributed by atoms with E-state index in [2.05, 4.69) is 15.3 Å². The van der Waals surface area contributed by atoms with Crippen molar-refractivity contribution in [1.29, 1.82) is 0 Å². The molecule has 0 amide bonds. The first-order valence-electron chi connectivity index (χ1n) is 5.54. The zero-order chi connectivity index (χ0) is 13.7. The van der Waals surface area contributed by atoms with Crippen LogP contribution in [0.15, 0.2) is 41.8 Å². The summed E-state index contributed by atoms with van der Waals surface area (Å²) in [7, 11) is 1.67. The molecule has 0 saturated carbocycles. The van der Waals surface area contributed by atoms with Crippen molar-refractivity contribution in [3.63, 3.8) is 0 Å². The van der Waals surface area contributed by atoms with Gasteiger partial charge in [0.15, 0.2) is 0 Å². The van der Waals surface area contributed by atoms with Crippen LogP contribution in [0, 0.1) is 10.1 Å². The number of benzene rings is 1. The molecule has 0 aliphatic rings. The van der Waals surface area contributed by atoms with Crippen LogP contribution in [0.5, 0.6) is 0 Å². The van der Waals surface area contributed by atoms with Crippen LogP contribution in [0.3, 0.4) is 0 Å². The van der Waals surface area contributed by atoms with Gasteiger partial charge in [-0.1, -0.05) is 6.07 Å². The smallest absolute Gasteiger partial charge is 0.292 e. The minimum atomic E-state index is -0.397. The lowest BCUT2D eigenvalue weighted by Gasteiger charge is -2.05. The zero-order valence-electron chi connectivity index (χ0n) is 10.2. The number of aromatic nitrogens is 2. The number of thioether (sulfide) groups is 1. The Hall–Kier alpha value is -2.15. The van der Waals surface area contributed by atoms with E-state index < -0.39 is 4.92 Å². The number of rotatable bonds is 5. The lowest BCUT2D eigenvalue weighted by Crippen LogP contribution is -1.97. The van der Waals surface area contributed by atoms with E-state index in [1.54, 1.807) is 37.8 Å². The molecule has 0 aliphatic heterocycles. The van der Waals surface area contributed by atoms with Gasteiger partial charge < -0.3 is 5.32 Å². The van der Waals surface area contributed by atoms with Gasteiger partial charge >= 0.3 is 0 Å². The highest BCUT2D eigenvalue weighted by Gasteiger charge is 2.12. The monoisotopic (exact) mass is 276 g/mol. The Balaban J connectivity index is 2.11. The van der Waals surface area contributed by atoms with Gasteiger partial charge in [-0.05, 0) is 11.6 Å². The Bertz CT molecular complexity index is 577. The molecule has 0 bridgehead atoms. The van der Waals surface area contributed by atoms with Gasteiger partial charge in [-0.2, -0.15) is 0 Å². The quantitative estimate of drug-likeness (QED) is 0.513. The Morgan fingerprint density at radius 3 is 2.89 bits per heavy atom. The molecule has 1 N–H and O–H groups in total. The summed E-state index contributed by atoms with van der Waals surface area (Å²) in [5.74, 6) is 0.686. The highest BCUT2D eigenvalue weighted by Crippen LogP contribution is 2.28. The fourth-order valence-corrected chi connectivity index (χ4v) is 2.31. The molecule has 0 radical (unpaired) electrons. The molecule has 0 saturated heterocycles. The molecule has 0 atom stereocenters. The van der Waals surface area contributed by atoms with Crippen molar-refractivity contribution in [2.45, 2.75) is 10.8 Å². The SMILES string of the molecule is CNc1cc(CSc2cnccn2)ccc1[N+](=O)[O-]. The molecule has 0 aliphatic carbocycles. The van der Waals surface area contributed by atoms with E-state index in [0.717, 1.165) is 10.6 Å². The largest absolute Gasteiger partial charge is 0.383 e. The van der Waals surface area contributed by atoms with E-state index in [0.29, 0.717) is 11.4 Å². The van der Waals surface area contributed by atoms with Gasteiger partial charge in [0.1, 0.15) is 10.7 Å². The number of anilines is 1. The lowest BCUT2D eigenvalue weighted by atomic mass is 10.2. The third-order valence-corrected chi connectivity index (χ3v) is 3.44. The van der Waals surface area contributed by atoms with Gasteiger partial charge in [0, 0.05) is 31.3 Å². The Morgan fingerprint density at radius 1 is 1.42 bits per heavy atom. The molecule has 98 valence electrons. The standard InChI is InChI=1S/C12H12N4O2S/c1-13-10-6-9(2-3-11(10)16(17)18)8-19-12-7-14-4-5-15-12/h2-7,13H,8H2,1H3. The molecule has 0 unspecified atom stereocenters. The molecule has 0 spiro atoms. The number of hydrogen-bond acceptors (Lipinski definition) is 6. The molecule has 2 aromatic rings. The van der Waals surface area contributed by atoms with E-state index in [9.17, 15) is 10.1 Å². The number of nitrogens with zero attached hydrogens (tertiary/aromatic N) is 3. The van der Waals surface area contributed by atoms with Crippen molar-refractivity contribution in [2.75, 3.05) is 12.4 Å². The van der Waals surface area contributed by atoms with Crippen molar-refractivity contribution in [3.8, 4) is 0 Å². The molecule has 7 heteroatoms. The zero-order valence-corrected chi connectivity index (χ0v) is 11.1. The van der Waals surface area contributed by atoms with Crippen LogP contribution in [0.1, 0.15) is 5.56 Å². The van der Waals surface area contributed by atoms with Gasteiger partial charge in [0.25, 0.3) is 5.69 Å². The Morgan fingerprint density at radius 2 is 2.26 bits per heavy atom. The average molecular weight is 276 g/mol. The van der Waals surface area contributed by atoms with Gasteiger partial charge in [-0.3, -0.25) is 15.1 Å². The Kier molecular flexibility index (Phi) is 4.30. The highest BCUT2D eigenvalue weighted by atomic mass is 32.2. The van der Waals surface area contributed by atoms with Crippen molar-refractivity contribution in [2.24, 2.45) is 0 Å². The second kappa shape index (κ2) is 6.14. The first-order valence-corrected chi connectivity index (χ1v) is 6.53. The summed E-state index contributed by atoms with van der Waals surface area (Å²) in [6, 6.07) is 5.04. The third-order valence-electron chi connectivity index (χ3n) is 2.45. The second-order valence-electron chi connectivity index (χ2n) is 3.69. The van der Waals surface area contributed by atoms with Crippen LogP contribution < -0.4 is 5.32 Å². The normalized spacial score (nSPS) is 10.2. The Labute approximate surface area is 114 Å². The summed E-state index contributed by atoms with van der Waals surface area (Å²) in [5.41, 5.74) is 1.59. The van der Waals surface area contributed by atoms with E-state index in [1.807, 2.05) is 0 Å². The van der Waals surface area contributed by atoms with Crippen molar-refractivity contribution in [1.82, 2.24) is 9.97 Å². The molecule has 1 aromatic carbocycles. The molecule has 1 heterocycles. The molecular weight excluding hydrogens is 264 g/mol. The number of hydrogen-bond donors (Lipinski definition) is 1. The van der Waals surface area contributed by atoms with Crippen LogP contribution >= 0.6 is 11.8 Å². The van der Waals surface area contributed by atoms with Crippen LogP contribution in [0.25, 0.3) is 0 Å². The maximum absolute atomic E-state index is 10.8. The average Bonchev–Trinajstić information content (AvgIpc) is 2.45. The van der Waals surface area contributed by atoms with Crippen molar-refractivity contribution < 1.29 is 4.92 Å². The molecule has 19 heavy (non-hydrogen) atoms. The van der Waals surface area contributed by atoms with E-state index in [4.69, 9.17) is 0 Å². The topological polar surface area (TPSA) is 81.0 Å². The molecule has 2 rings (SSSR count). The number of nitro benzene ring substituents is 1. The van der Waals surface area contributed by atoms with Gasteiger partial charge in [0.05, 0.1) is 11.1 Å². The number of nitro groups is 1. The minimum absolute atomic E-state index is 0.0794.